The summed E-state index contributed by atoms with van der Waals surface area (Å²) in [5.41, 5.74) is 4.49. The van der Waals surface area contributed by atoms with Gasteiger partial charge in [-0.25, -0.2) is 13.8 Å². The Morgan fingerprint density at radius 2 is 1.69 bits per heavy atom. The van der Waals surface area contributed by atoms with E-state index in [0.717, 1.165) is 29.1 Å². The summed E-state index contributed by atoms with van der Waals surface area (Å²) in [6, 6.07) is 11.3. The molecule has 0 saturated carbocycles. The van der Waals surface area contributed by atoms with Crippen LogP contribution >= 0.6 is 0 Å². The molecule has 26 heavy (non-hydrogen) atoms. The van der Waals surface area contributed by atoms with Crippen LogP contribution in [-0.4, -0.2) is 9.97 Å². The molecule has 0 aliphatic rings. The van der Waals surface area contributed by atoms with Crippen LogP contribution in [0.15, 0.2) is 42.5 Å². The van der Waals surface area contributed by atoms with Crippen molar-refractivity contribution in [2.24, 2.45) is 0 Å². The molecule has 0 saturated heterocycles. The first-order valence-electron chi connectivity index (χ1n) is 8.17. The molecule has 3 aromatic rings. The third kappa shape index (κ3) is 4.33. The number of halogens is 2. The van der Waals surface area contributed by atoms with Crippen molar-refractivity contribution in [2.75, 3.05) is 5.32 Å². The van der Waals surface area contributed by atoms with E-state index in [1.165, 1.54) is 11.6 Å². The van der Waals surface area contributed by atoms with Crippen molar-refractivity contribution in [1.82, 2.24) is 9.97 Å². The average molecular weight is 355 g/mol. The molecule has 0 amide bonds. The van der Waals surface area contributed by atoms with Crippen molar-refractivity contribution in [3.05, 3.63) is 76.5 Å². The largest absolute Gasteiger partial charge is 0.473 e. The first-order valence-corrected chi connectivity index (χ1v) is 8.17. The molecule has 1 N–H and O–H groups in total. The fraction of sp³-hybridized carbons (Fsp3) is 0.200. The summed E-state index contributed by atoms with van der Waals surface area (Å²) in [6.07, 6.45) is 0. The van der Waals surface area contributed by atoms with Crippen molar-refractivity contribution in [3.8, 4) is 5.88 Å². The topological polar surface area (TPSA) is 47.0 Å². The van der Waals surface area contributed by atoms with E-state index in [2.05, 4.69) is 15.3 Å². The van der Waals surface area contributed by atoms with Gasteiger partial charge in [0.05, 0.1) is 0 Å². The van der Waals surface area contributed by atoms with Crippen molar-refractivity contribution in [2.45, 2.75) is 27.4 Å². The van der Waals surface area contributed by atoms with Crippen LogP contribution in [-0.2, 0) is 6.61 Å². The van der Waals surface area contributed by atoms with E-state index in [1.54, 1.807) is 6.07 Å². The Balaban J connectivity index is 1.74. The third-order valence-electron chi connectivity index (χ3n) is 3.96. The van der Waals surface area contributed by atoms with Gasteiger partial charge in [0, 0.05) is 17.4 Å². The quantitative estimate of drug-likeness (QED) is 0.699. The molecular weight excluding hydrogens is 336 g/mol. The minimum Gasteiger partial charge on any atom is -0.473 e. The van der Waals surface area contributed by atoms with E-state index in [-0.39, 0.29) is 6.61 Å². The number of aromatic nitrogens is 2. The summed E-state index contributed by atoms with van der Waals surface area (Å²) in [6.45, 7) is 5.99. The van der Waals surface area contributed by atoms with Gasteiger partial charge in [0.1, 0.15) is 6.61 Å². The maximum Gasteiger partial charge on any atom is 0.230 e. The van der Waals surface area contributed by atoms with Gasteiger partial charge in [-0.2, -0.15) is 4.98 Å². The molecule has 134 valence electrons. The van der Waals surface area contributed by atoms with Gasteiger partial charge in [0.2, 0.25) is 11.8 Å². The van der Waals surface area contributed by atoms with Crippen molar-refractivity contribution in [3.63, 3.8) is 0 Å². The van der Waals surface area contributed by atoms with E-state index in [1.807, 2.05) is 39.0 Å². The number of anilines is 2. The maximum atomic E-state index is 13.3. The molecule has 0 unspecified atom stereocenters. The van der Waals surface area contributed by atoms with Crippen LogP contribution in [0.4, 0.5) is 20.4 Å². The summed E-state index contributed by atoms with van der Waals surface area (Å²) in [5.74, 6) is -1.02. The van der Waals surface area contributed by atoms with Gasteiger partial charge >= 0.3 is 0 Å². The molecule has 1 aromatic heterocycles. The van der Waals surface area contributed by atoms with E-state index in [0.29, 0.717) is 17.4 Å². The molecule has 2 aromatic carbocycles. The lowest BCUT2D eigenvalue weighted by Crippen LogP contribution is -2.03. The molecule has 1 heterocycles. The smallest absolute Gasteiger partial charge is 0.230 e. The van der Waals surface area contributed by atoms with Gasteiger partial charge in [-0.05, 0) is 61.7 Å². The minimum absolute atomic E-state index is 0.0801. The van der Waals surface area contributed by atoms with Gasteiger partial charge in [0.15, 0.2) is 11.6 Å². The Hall–Kier alpha value is -3.02. The van der Waals surface area contributed by atoms with Crippen LogP contribution in [0.5, 0.6) is 5.88 Å². The SMILES string of the molecule is Cc1cc(OCc2ccc(F)c(F)c2)nc(Nc2ccc(C)c(C)c2)n1. The molecular formula is C20H19F2N3O. The molecule has 4 nitrogen and oxygen atoms in total. The van der Waals surface area contributed by atoms with Crippen LogP contribution in [0.1, 0.15) is 22.4 Å². The second kappa shape index (κ2) is 7.47. The highest BCUT2D eigenvalue weighted by Gasteiger charge is 2.07. The lowest BCUT2D eigenvalue weighted by atomic mass is 10.1. The molecule has 0 spiro atoms. The van der Waals surface area contributed by atoms with E-state index in [4.69, 9.17) is 4.74 Å². The highest BCUT2D eigenvalue weighted by atomic mass is 19.2. The lowest BCUT2D eigenvalue weighted by Gasteiger charge is -2.11. The zero-order valence-corrected chi connectivity index (χ0v) is 14.8. The van der Waals surface area contributed by atoms with Crippen LogP contribution < -0.4 is 10.1 Å². The fourth-order valence-corrected chi connectivity index (χ4v) is 2.40. The molecule has 6 heteroatoms. The van der Waals surface area contributed by atoms with Gasteiger partial charge in [0.25, 0.3) is 0 Å². The summed E-state index contributed by atoms with van der Waals surface area (Å²) < 4.78 is 31.9. The summed E-state index contributed by atoms with van der Waals surface area (Å²) in [7, 11) is 0. The number of rotatable bonds is 5. The highest BCUT2D eigenvalue weighted by molar-refractivity contribution is 5.56. The standard InChI is InChI=1S/C20H19F2N3O/c1-12-4-6-16(8-13(12)2)24-20-23-14(3)9-19(25-20)26-11-15-5-7-17(21)18(22)10-15/h4-10H,11H2,1-3H3,(H,23,24,25). The number of aryl methyl sites for hydroxylation is 3. The van der Waals surface area contributed by atoms with Crippen LogP contribution in [0.25, 0.3) is 0 Å². The predicted octanol–water partition coefficient (Wildman–Crippen LogP) is 5.00. The van der Waals surface area contributed by atoms with E-state index < -0.39 is 11.6 Å². The Labute approximate surface area is 150 Å². The minimum atomic E-state index is -0.901. The van der Waals surface area contributed by atoms with Crippen LogP contribution in [0.2, 0.25) is 0 Å². The molecule has 0 bridgehead atoms. The van der Waals surface area contributed by atoms with Crippen LogP contribution in [0.3, 0.4) is 0 Å². The summed E-state index contributed by atoms with van der Waals surface area (Å²) in [4.78, 5) is 8.67. The zero-order chi connectivity index (χ0) is 18.7. The number of nitrogens with one attached hydrogen (secondary N) is 1. The first kappa shape index (κ1) is 17.8. The first-order chi connectivity index (χ1) is 12.4. The van der Waals surface area contributed by atoms with E-state index >= 15 is 0 Å². The monoisotopic (exact) mass is 355 g/mol. The average Bonchev–Trinajstić information content (AvgIpc) is 2.59. The number of benzene rings is 2. The number of ether oxygens (including phenoxy) is 1. The van der Waals surface area contributed by atoms with Crippen molar-refractivity contribution < 1.29 is 13.5 Å². The summed E-state index contributed by atoms with van der Waals surface area (Å²) >= 11 is 0. The second-order valence-electron chi connectivity index (χ2n) is 6.13. The molecule has 0 atom stereocenters. The third-order valence-corrected chi connectivity index (χ3v) is 3.96. The molecule has 0 radical (unpaired) electrons. The molecule has 0 aliphatic heterocycles. The molecule has 0 fully saturated rings. The predicted molar refractivity (Wildman–Crippen MR) is 96.7 cm³/mol. The van der Waals surface area contributed by atoms with Crippen LogP contribution in [0, 0.1) is 32.4 Å². The highest BCUT2D eigenvalue weighted by Crippen LogP contribution is 2.20. The van der Waals surface area contributed by atoms with Gasteiger partial charge < -0.3 is 10.1 Å². The summed E-state index contributed by atoms with van der Waals surface area (Å²) in [5, 5.41) is 3.16. The van der Waals surface area contributed by atoms with Gasteiger partial charge in [-0.15, -0.1) is 0 Å². The normalized spacial score (nSPS) is 10.7. The zero-order valence-electron chi connectivity index (χ0n) is 14.8. The van der Waals surface area contributed by atoms with E-state index in [9.17, 15) is 8.78 Å². The Bertz CT molecular complexity index is 944. The fourth-order valence-electron chi connectivity index (χ4n) is 2.40. The van der Waals surface area contributed by atoms with Gasteiger partial charge in [-0.1, -0.05) is 12.1 Å². The maximum absolute atomic E-state index is 13.3. The van der Waals surface area contributed by atoms with Crippen molar-refractivity contribution >= 4 is 11.6 Å². The van der Waals surface area contributed by atoms with Gasteiger partial charge in [-0.3, -0.25) is 0 Å². The number of hydrogen-bond donors (Lipinski definition) is 1. The Morgan fingerprint density at radius 3 is 2.42 bits per heavy atom. The Morgan fingerprint density at radius 1 is 0.885 bits per heavy atom. The second-order valence-corrected chi connectivity index (χ2v) is 6.13. The lowest BCUT2D eigenvalue weighted by molar-refractivity contribution is 0.292. The number of hydrogen-bond acceptors (Lipinski definition) is 4. The van der Waals surface area contributed by atoms with Crippen molar-refractivity contribution in [1.29, 1.82) is 0 Å². The molecule has 0 aliphatic carbocycles. The number of nitrogens with zero attached hydrogens (tertiary/aromatic N) is 2. The molecule has 3 rings (SSSR count). The Kier molecular flexibility index (Phi) is 5.11.